The number of carbonyl (C=O) groups is 2. The fourth-order valence-electron chi connectivity index (χ4n) is 2.41. The molecule has 5 heteroatoms. The van der Waals surface area contributed by atoms with Crippen molar-refractivity contribution in [1.82, 2.24) is 0 Å². The number of aliphatic carboxylic acids is 1. The van der Waals surface area contributed by atoms with E-state index < -0.39 is 5.97 Å². The fourth-order valence-corrected chi connectivity index (χ4v) is 2.41. The van der Waals surface area contributed by atoms with E-state index in [2.05, 4.69) is 0 Å². The van der Waals surface area contributed by atoms with Crippen LogP contribution in [-0.4, -0.2) is 35.4 Å². The van der Waals surface area contributed by atoms with E-state index in [1.54, 1.807) is 0 Å². The van der Waals surface area contributed by atoms with E-state index in [4.69, 9.17) is 14.9 Å². The van der Waals surface area contributed by atoms with Crippen LogP contribution in [0.5, 0.6) is 0 Å². The highest BCUT2D eigenvalue weighted by molar-refractivity contribution is 5.69. The highest BCUT2D eigenvalue weighted by atomic mass is 16.5. The average Bonchev–Trinajstić information content (AvgIpc) is 2.41. The first-order valence-electron chi connectivity index (χ1n) is 7.10. The number of aliphatic hydroxyl groups is 1. The van der Waals surface area contributed by atoms with Crippen molar-refractivity contribution in [3.05, 3.63) is 0 Å². The Kier molecular flexibility index (Phi) is 7.48. The van der Waals surface area contributed by atoms with E-state index in [9.17, 15) is 9.59 Å². The van der Waals surface area contributed by atoms with E-state index in [1.165, 1.54) is 0 Å². The first kappa shape index (κ1) is 16.0. The molecule has 5 nitrogen and oxygen atoms in total. The van der Waals surface area contributed by atoms with Gasteiger partial charge >= 0.3 is 11.9 Å². The molecule has 0 saturated heterocycles. The molecule has 1 aliphatic carbocycles. The molecule has 1 aliphatic rings. The fraction of sp³-hybridized carbons (Fsp3) is 0.857. The molecular formula is C14H24O5. The third kappa shape index (κ3) is 7.15. The van der Waals surface area contributed by atoms with Crippen LogP contribution >= 0.6 is 0 Å². The second kappa shape index (κ2) is 8.91. The molecule has 0 aromatic rings. The number of carboxylic acids is 1. The zero-order valence-corrected chi connectivity index (χ0v) is 11.3. The Balaban J connectivity index is 2.02. The van der Waals surface area contributed by atoms with Gasteiger partial charge in [0.2, 0.25) is 0 Å². The third-order valence-electron chi connectivity index (χ3n) is 3.73. The van der Waals surface area contributed by atoms with Gasteiger partial charge in [0.25, 0.3) is 0 Å². The number of unbranched alkanes of at least 4 members (excludes halogenated alkanes) is 1. The molecule has 19 heavy (non-hydrogen) atoms. The van der Waals surface area contributed by atoms with Gasteiger partial charge in [0, 0.05) is 19.4 Å². The van der Waals surface area contributed by atoms with Gasteiger partial charge in [-0.15, -0.1) is 0 Å². The summed E-state index contributed by atoms with van der Waals surface area (Å²) in [6, 6.07) is 0. The first-order chi connectivity index (χ1) is 9.11. The molecule has 1 fully saturated rings. The lowest BCUT2D eigenvalue weighted by Crippen LogP contribution is -2.22. The molecule has 0 aromatic heterocycles. The summed E-state index contributed by atoms with van der Waals surface area (Å²) >= 11 is 0. The summed E-state index contributed by atoms with van der Waals surface area (Å²) in [6.45, 7) is 0.728. The lowest BCUT2D eigenvalue weighted by atomic mass is 9.83. The molecule has 0 amide bonds. The summed E-state index contributed by atoms with van der Waals surface area (Å²) in [5, 5.41) is 17.5. The van der Waals surface area contributed by atoms with Crippen LogP contribution in [0.1, 0.15) is 51.4 Å². The molecule has 2 N–H and O–H groups in total. The maximum Gasteiger partial charge on any atom is 0.305 e. The van der Waals surface area contributed by atoms with Crippen LogP contribution in [0.2, 0.25) is 0 Å². The molecule has 0 radical (unpaired) electrons. The van der Waals surface area contributed by atoms with Gasteiger partial charge in [0.15, 0.2) is 0 Å². The second-order valence-electron chi connectivity index (χ2n) is 5.35. The van der Waals surface area contributed by atoms with E-state index in [-0.39, 0.29) is 19.0 Å². The lowest BCUT2D eigenvalue weighted by molar-refractivity contribution is -0.146. The predicted octanol–water partition coefficient (Wildman–Crippen LogP) is 1.97. The SMILES string of the molecule is O=C(O)CCCCC(=O)OCC1CCC(CO)CC1. The van der Waals surface area contributed by atoms with Gasteiger partial charge in [0.05, 0.1) is 6.61 Å². The molecule has 1 rings (SSSR count). The molecule has 0 aromatic carbocycles. The summed E-state index contributed by atoms with van der Waals surface area (Å²) in [7, 11) is 0. The minimum atomic E-state index is -0.825. The van der Waals surface area contributed by atoms with Crippen molar-refractivity contribution < 1.29 is 24.5 Å². The van der Waals surface area contributed by atoms with Crippen molar-refractivity contribution in [2.24, 2.45) is 11.8 Å². The first-order valence-corrected chi connectivity index (χ1v) is 7.10. The van der Waals surface area contributed by atoms with E-state index in [1.807, 2.05) is 0 Å². The average molecular weight is 272 g/mol. The maximum atomic E-state index is 11.4. The van der Waals surface area contributed by atoms with Crippen LogP contribution in [0.15, 0.2) is 0 Å². The number of carbonyl (C=O) groups excluding carboxylic acids is 1. The Morgan fingerprint density at radius 1 is 1.00 bits per heavy atom. The predicted molar refractivity (Wildman–Crippen MR) is 69.6 cm³/mol. The molecule has 0 bridgehead atoms. The topological polar surface area (TPSA) is 83.8 Å². The highest BCUT2D eigenvalue weighted by Gasteiger charge is 2.21. The number of rotatable bonds is 8. The monoisotopic (exact) mass is 272 g/mol. The molecule has 0 spiro atoms. The van der Waals surface area contributed by atoms with Crippen LogP contribution in [0, 0.1) is 11.8 Å². The van der Waals surface area contributed by atoms with Crippen molar-refractivity contribution in [3.63, 3.8) is 0 Å². The van der Waals surface area contributed by atoms with Crippen molar-refractivity contribution in [2.75, 3.05) is 13.2 Å². The summed E-state index contributed by atoms with van der Waals surface area (Å²) in [5.41, 5.74) is 0. The van der Waals surface area contributed by atoms with Gasteiger partial charge in [0.1, 0.15) is 0 Å². The van der Waals surface area contributed by atoms with Crippen LogP contribution in [-0.2, 0) is 14.3 Å². The van der Waals surface area contributed by atoms with E-state index in [0.717, 1.165) is 25.7 Å². The highest BCUT2D eigenvalue weighted by Crippen LogP contribution is 2.28. The molecule has 0 unspecified atom stereocenters. The number of ether oxygens (including phenoxy) is 1. The quantitative estimate of drug-likeness (QED) is 0.521. The number of hydrogen-bond donors (Lipinski definition) is 2. The Morgan fingerprint density at radius 3 is 2.16 bits per heavy atom. The minimum absolute atomic E-state index is 0.110. The van der Waals surface area contributed by atoms with Crippen LogP contribution in [0.25, 0.3) is 0 Å². The Hall–Kier alpha value is -1.10. The summed E-state index contributed by atoms with van der Waals surface area (Å²) in [5.74, 6) is -0.211. The van der Waals surface area contributed by atoms with Gasteiger partial charge in [-0.1, -0.05) is 0 Å². The third-order valence-corrected chi connectivity index (χ3v) is 3.73. The van der Waals surface area contributed by atoms with Crippen molar-refractivity contribution >= 4 is 11.9 Å². The molecule has 0 atom stereocenters. The normalized spacial score (nSPS) is 23.0. The Morgan fingerprint density at radius 2 is 1.58 bits per heavy atom. The molecule has 110 valence electrons. The summed E-state index contributed by atoms with van der Waals surface area (Å²) in [4.78, 5) is 21.7. The second-order valence-corrected chi connectivity index (χ2v) is 5.35. The zero-order valence-electron chi connectivity index (χ0n) is 11.3. The van der Waals surface area contributed by atoms with E-state index >= 15 is 0 Å². The number of carboxylic acid groups (broad SMARTS) is 1. The molecular weight excluding hydrogens is 248 g/mol. The van der Waals surface area contributed by atoms with Crippen LogP contribution < -0.4 is 0 Å². The van der Waals surface area contributed by atoms with Crippen LogP contribution in [0.3, 0.4) is 0 Å². The van der Waals surface area contributed by atoms with Gasteiger partial charge < -0.3 is 14.9 Å². The Labute approximate surface area is 114 Å². The van der Waals surface area contributed by atoms with Crippen molar-refractivity contribution in [3.8, 4) is 0 Å². The number of esters is 1. The summed E-state index contributed by atoms with van der Waals surface area (Å²) in [6.07, 6.45) is 5.55. The Bertz CT molecular complexity index is 282. The largest absolute Gasteiger partial charge is 0.481 e. The van der Waals surface area contributed by atoms with Crippen molar-refractivity contribution in [2.45, 2.75) is 51.4 Å². The van der Waals surface area contributed by atoms with E-state index in [0.29, 0.717) is 37.7 Å². The molecule has 0 aliphatic heterocycles. The van der Waals surface area contributed by atoms with Gasteiger partial charge in [-0.3, -0.25) is 9.59 Å². The summed E-state index contributed by atoms with van der Waals surface area (Å²) < 4.78 is 5.21. The standard InChI is InChI=1S/C14H24O5/c15-9-11-5-7-12(8-6-11)10-19-14(18)4-2-1-3-13(16)17/h11-12,15H,1-10H2,(H,16,17). The maximum absolute atomic E-state index is 11.4. The lowest BCUT2D eigenvalue weighted by Gasteiger charge is -2.26. The smallest absolute Gasteiger partial charge is 0.305 e. The minimum Gasteiger partial charge on any atom is -0.481 e. The number of hydrogen-bond acceptors (Lipinski definition) is 4. The molecule has 1 saturated carbocycles. The molecule has 0 heterocycles. The van der Waals surface area contributed by atoms with Gasteiger partial charge in [-0.25, -0.2) is 0 Å². The zero-order chi connectivity index (χ0) is 14.1. The van der Waals surface area contributed by atoms with Gasteiger partial charge in [-0.2, -0.15) is 0 Å². The number of aliphatic hydroxyl groups excluding tert-OH is 1. The van der Waals surface area contributed by atoms with Gasteiger partial charge in [-0.05, 0) is 50.4 Å². The van der Waals surface area contributed by atoms with Crippen LogP contribution in [0.4, 0.5) is 0 Å². The van der Waals surface area contributed by atoms with Crippen molar-refractivity contribution in [1.29, 1.82) is 0 Å².